The van der Waals surface area contributed by atoms with Crippen LogP contribution in [-0.2, 0) is 4.79 Å². The van der Waals surface area contributed by atoms with E-state index in [1.165, 1.54) is 30.5 Å². The molecule has 1 aromatic carbocycles. The molecule has 1 aliphatic carbocycles. The fourth-order valence-electron chi connectivity index (χ4n) is 4.57. The zero-order chi connectivity index (χ0) is 22.2. The highest BCUT2D eigenvalue weighted by Gasteiger charge is 2.23. The molecule has 0 radical (unpaired) electrons. The number of allylic oxidation sites excluding steroid dienone is 5. The molecule has 3 rings (SSSR count). The van der Waals surface area contributed by atoms with E-state index in [9.17, 15) is 4.79 Å². The molecule has 1 aromatic rings. The molecule has 1 saturated heterocycles. The van der Waals surface area contributed by atoms with Crippen LogP contribution in [0, 0.1) is 24.7 Å². The van der Waals surface area contributed by atoms with Crippen LogP contribution < -0.4 is 10.2 Å². The van der Waals surface area contributed by atoms with Crippen molar-refractivity contribution in [2.45, 2.75) is 53.4 Å². The molecule has 1 heterocycles. The summed E-state index contributed by atoms with van der Waals surface area (Å²) in [5.74, 6) is 1.08. The summed E-state index contributed by atoms with van der Waals surface area (Å²) in [6, 6.07) is 6.71. The summed E-state index contributed by atoms with van der Waals surface area (Å²) in [7, 11) is 0. The van der Waals surface area contributed by atoms with Gasteiger partial charge in [-0.25, -0.2) is 0 Å². The van der Waals surface area contributed by atoms with Crippen LogP contribution >= 0.6 is 0 Å². The number of nitrogens with one attached hydrogen (secondary N) is 1. The zero-order valence-corrected chi connectivity index (χ0v) is 19.5. The Morgan fingerprint density at radius 2 is 2.10 bits per heavy atom. The highest BCUT2D eigenvalue weighted by atomic mass is 16.1. The normalized spacial score (nSPS) is 23.0. The van der Waals surface area contributed by atoms with Crippen LogP contribution in [-0.4, -0.2) is 25.2 Å². The molecule has 0 spiro atoms. The number of rotatable bonds is 7. The van der Waals surface area contributed by atoms with Crippen LogP contribution in [0.15, 0.2) is 59.3 Å². The van der Waals surface area contributed by atoms with Crippen molar-refractivity contribution in [2.75, 3.05) is 18.0 Å². The molecule has 3 atom stereocenters. The number of benzene rings is 1. The van der Waals surface area contributed by atoms with E-state index in [1.54, 1.807) is 0 Å². The summed E-state index contributed by atoms with van der Waals surface area (Å²) in [4.78, 5) is 18.8. The minimum Gasteiger partial charge on any atom is -0.371 e. The summed E-state index contributed by atoms with van der Waals surface area (Å²) in [5.41, 5.74) is 5.61. The first-order chi connectivity index (χ1) is 15.0. The second kappa shape index (κ2) is 11.1. The fourth-order valence-corrected chi connectivity index (χ4v) is 4.57. The van der Waals surface area contributed by atoms with Crippen molar-refractivity contribution in [1.82, 2.24) is 5.32 Å². The van der Waals surface area contributed by atoms with Crippen molar-refractivity contribution in [3.05, 3.63) is 59.8 Å². The molecular formula is C27H37N3O. The Bertz CT molecular complexity index is 880. The van der Waals surface area contributed by atoms with Crippen molar-refractivity contribution in [3.8, 4) is 0 Å². The predicted molar refractivity (Wildman–Crippen MR) is 132 cm³/mol. The summed E-state index contributed by atoms with van der Waals surface area (Å²) in [6.07, 6.45) is 15.6. The van der Waals surface area contributed by atoms with Crippen molar-refractivity contribution in [3.63, 3.8) is 0 Å². The lowest BCUT2D eigenvalue weighted by Crippen LogP contribution is -2.27. The summed E-state index contributed by atoms with van der Waals surface area (Å²) in [6.45, 7) is 11.1. The standard InChI is InChI=1S/C27H37N3O/c1-5-25(22(4)24-11-7-6-8-12-26(24)28-19-31)29-27-18-23(14-13-21(27)3)30-16-9-10-20(2)15-17-30/h6-8,11-14,18-20,22,24H,5,9-10,15-17H2,1-4H3,(H,28,31). The Kier molecular flexibility index (Phi) is 8.27. The van der Waals surface area contributed by atoms with Gasteiger partial charge in [-0.05, 0) is 62.3 Å². The third-order valence-electron chi connectivity index (χ3n) is 6.67. The maximum Gasteiger partial charge on any atom is 0.211 e. The molecule has 1 N–H and O–H groups in total. The third kappa shape index (κ3) is 5.96. The first-order valence-electron chi connectivity index (χ1n) is 11.7. The van der Waals surface area contributed by atoms with E-state index < -0.39 is 0 Å². The highest BCUT2D eigenvalue weighted by Crippen LogP contribution is 2.31. The Morgan fingerprint density at radius 3 is 2.87 bits per heavy atom. The predicted octanol–water partition coefficient (Wildman–Crippen LogP) is 6.11. The summed E-state index contributed by atoms with van der Waals surface area (Å²) < 4.78 is 0. The average molecular weight is 420 g/mol. The van der Waals surface area contributed by atoms with Gasteiger partial charge in [0.1, 0.15) is 0 Å². The molecule has 4 nitrogen and oxygen atoms in total. The molecule has 1 fully saturated rings. The van der Waals surface area contributed by atoms with E-state index in [2.05, 4.69) is 68.3 Å². The number of hydrogen-bond donors (Lipinski definition) is 1. The van der Waals surface area contributed by atoms with E-state index >= 15 is 0 Å². The maximum atomic E-state index is 11.1. The van der Waals surface area contributed by atoms with E-state index in [0.29, 0.717) is 0 Å². The maximum absolute atomic E-state index is 11.1. The first-order valence-corrected chi connectivity index (χ1v) is 11.7. The zero-order valence-electron chi connectivity index (χ0n) is 19.5. The van der Waals surface area contributed by atoms with Gasteiger partial charge in [0.25, 0.3) is 0 Å². The van der Waals surface area contributed by atoms with Crippen molar-refractivity contribution in [2.24, 2.45) is 22.7 Å². The van der Waals surface area contributed by atoms with Gasteiger partial charge in [0.2, 0.25) is 6.41 Å². The SMILES string of the molecule is CCC(=Nc1cc(N2CCCC(C)CC2)ccc1C)C(C)C1C=CC=CC=C1NC=O. The van der Waals surface area contributed by atoms with E-state index in [0.717, 1.165) is 48.9 Å². The minimum absolute atomic E-state index is 0.0921. The number of carbonyl (C=O) groups is 1. The van der Waals surface area contributed by atoms with Gasteiger partial charge in [0.15, 0.2) is 0 Å². The van der Waals surface area contributed by atoms with Gasteiger partial charge in [0, 0.05) is 42.0 Å². The molecule has 31 heavy (non-hydrogen) atoms. The molecular weight excluding hydrogens is 382 g/mol. The van der Waals surface area contributed by atoms with Gasteiger partial charge >= 0.3 is 0 Å². The second-order valence-corrected chi connectivity index (χ2v) is 8.92. The van der Waals surface area contributed by atoms with Gasteiger partial charge < -0.3 is 10.2 Å². The van der Waals surface area contributed by atoms with Crippen LogP contribution in [0.4, 0.5) is 11.4 Å². The monoisotopic (exact) mass is 419 g/mol. The van der Waals surface area contributed by atoms with E-state index in [4.69, 9.17) is 4.99 Å². The molecule has 0 aromatic heterocycles. The Morgan fingerprint density at radius 1 is 1.26 bits per heavy atom. The van der Waals surface area contributed by atoms with Crippen molar-refractivity contribution in [1.29, 1.82) is 0 Å². The van der Waals surface area contributed by atoms with Crippen molar-refractivity contribution >= 4 is 23.5 Å². The number of aliphatic imine (C=N–C) groups is 1. The van der Waals surface area contributed by atoms with Crippen LogP contribution in [0.3, 0.4) is 0 Å². The lowest BCUT2D eigenvalue weighted by molar-refractivity contribution is -0.109. The molecule has 166 valence electrons. The van der Waals surface area contributed by atoms with Gasteiger partial charge in [-0.15, -0.1) is 0 Å². The van der Waals surface area contributed by atoms with Crippen LogP contribution in [0.2, 0.25) is 0 Å². The Balaban J connectivity index is 1.88. The molecule has 0 saturated carbocycles. The lowest BCUT2D eigenvalue weighted by atomic mass is 9.85. The molecule has 4 heteroatoms. The number of amides is 1. The molecule has 1 aliphatic heterocycles. The average Bonchev–Trinajstić information content (AvgIpc) is 3.13. The lowest BCUT2D eigenvalue weighted by Gasteiger charge is -2.25. The summed E-state index contributed by atoms with van der Waals surface area (Å²) >= 11 is 0. The van der Waals surface area contributed by atoms with Gasteiger partial charge in [-0.1, -0.05) is 51.1 Å². The van der Waals surface area contributed by atoms with Crippen molar-refractivity contribution < 1.29 is 4.79 Å². The molecule has 1 amide bonds. The Hall–Kier alpha value is -2.62. The quantitative estimate of drug-likeness (QED) is 0.428. The van der Waals surface area contributed by atoms with E-state index in [-0.39, 0.29) is 11.8 Å². The van der Waals surface area contributed by atoms with Crippen LogP contribution in [0.1, 0.15) is 52.0 Å². The van der Waals surface area contributed by atoms with E-state index in [1.807, 2.05) is 18.2 Å². The molecule has 2 aliphatic rings. The number of aryl methyl sites for hydroxylation is 1. The first kappa shape index (κ1) is 23.1. The second-order valence-electron chi connectivity index (χ2n) is 8.92. The van der Waals surface area contributed by atoms with Gasteiger partial charge in [-0.2, -0.15) is 0 Å². The van der Waals surface area contributed by atoms with Crippen LogP contribution in [0.5, 0.6) is 0 Å². The topological polar surface area (TPSA) is 44.7 Å². The summed E-state index contributed by atoms with van der Waals surface area (Å²) in [5, 5.41) is 2.89. The highest BCUT2D eigenvalue weighted by molar-refractivity contribution is 5.90. The number of hydrogen-bond acceptors (Lipinski definition) is 3. The third-order valence-corrected chi connectivity index (χ3v) is 6.67. The molecule has 3 unspecified atom stereocenters. The molecule has 0 bridgehead atoms. The minimum atomic E-state index is 0.0921. The Labute approximate surface area is 187 Å². The number of carbonyl (C=O) groups excluding carboxylic acids is 1. The largest absolute Gasteiger partial charge is 0.371 e. The smallest absolute Gasteiger partial charge is 0.211 e. The van der Waals surface area contributed by atoms with Gasteiger partial charge in [-0.3, -0.25) is 9.79 Å². The number of anilines is 1. The van der Waals surface area contributed by atoms with Crippen LogP contribution in [0.25, 0.3) is 0 Å². The van der Waals surface area contributed by atoms with Gasteiger partial charge in [0.05, 0.1) is 5.69 Å². The fraction of sp³-hybridized carbons (Fsp3) is 0.481. The number of nitrogens with zero attached hydrogens (tertiary/aromatic N) is 2.